The number of fused-ring (bicyclic) bond motifs is 1. The van der Waals surface area contributed by atoms with E-state index in [4.69, 9.17) is 32.7 Å². The largest absolute Gasteiger partial charge is 0.490 e. The van der Waals surface area contributed by atoms with Crippen molar-refractivity contribution in [2.75, 3.05) is 6.61 Å². The Morgan fingerprint density at radius 2 is 1.67 bits per heavy atom. The van der Waals surface area contributed by atoms with E-state index >= 15 is 0 Å². The Morgan fingerprint density at radius 1 is 0.909 bits per heavy atom. The fourth-order valence-corrected chi connectivity index (χ4v) is 4.17. The molecular formula is C28H21Cl2NO2. The van der Waals surface area contributed by atoms with Crippen molar-refractivity contribution in [1.29, 1.82) is 5.26 Å². The van der Waals surface area contributed by atoms with Crippen LogP contribution in [0.2, 0.25) is 10.0 Å². The lowest BCUT2D eigenvalue weighted by Gasteiger charge is -2.15. The molecule has 0 aliphatic heterocycles. The molecule has 0 saturated carbocycles. The summed E-state index contributed by atoms with van der Waals surface area (Å²) in [5.74, 6) is 0.993. The van der Waals surface area contributed by atoms with Crippen molar-refractivity contribution in [3.05, 3.63) is 106 Å². The Balaban J connectivity index is 1.67. The molecule has 4 aromatic carbocycles. The van der Waals surface area contributed by atoms with E-state index in [1.165, 1.54) is 0 Å². The quantitative estimate of drug-likeness (QED) is 0.200. The summed E-state index contributed by atoms with van der Waals surface area (Å²) in [7, 11) is 0. The molecule has 33 heavy (non-hydrogen) atoms. The highest BCUT2D eigenvalue weighted by Crippen LogP contribution is 2.39. The van der Waals surface area contributed by atoms with Crippen molar-refractivity contribution in [2.24, 2.45) is 0 Å². The van der Waals surface area contributed by atoms with Crippen LogP contribution in [0.25, 0.3) is 22.4 Å². The zero-order valence-corrected chi connectivity index (χ0v) is 19.5. The molecule has 0 aliphatic carbocycles. The smallest absolute Gasteiger partial charge is 0.180 e. The van der Waals surface area contributed by atoms with Gasteiger partial charge in [-0.3, -0.25) is 0 Å². The van der Waals surface area contributed by atoms with E-state index in [1.54, 1.807) is 18.2 Å². The highest BCUT2D eigenvalue weighted by atomic mass is 35.5. The first kappa shape index (κ1) is 22.7. The van der Waals surface area contributed by atoms with Crippen LogP contribution in [0.3, 0.4) is 0 Å². The maximum absolute atomic E-state index is 9.69. The summed E-state index contributed by atoms with van der Waals surface area (Å²) in [6.45, 7) is 2.69. The van der Waals surface area contributed by atoms with Gasteiger partial charge >= 0.3 is 0 Å². The van der Waals surface area contributed by atoms with Crippen molar-refractivity contribution in [2.45, 2.75) is 13.5 Å². The van der Waals surface area contributed by atoms with Gasteiger partial charge in [0.15, 0.2) is 11.5 Å². The average Bonchev–Trinajstić information content (AvgIpc) is 2.83. The van der Waals surface area contributed by atoms with Crippen molar-refractivity contribution >= 4 is 45.6 Å². The van der Waals surface area contributed by atoms with Crippen LogP contribution in [0.15, 0.2) is 78.9 Å². The van der Waals surface area contributed by atoms with E-state index in [9.17, 15) is 5.26 Å². The number of rotatable bonds is 7. The summed E-state index contributed by atoms with van der Waals surface area (Å²) in [5.41, 5.74) is 2.87. The van der Waals surface area contributed by atoms with Gasteiger partial charge in [0.25, 0.3) is 0 Å². The summed E-state index contributed by atoms with van der Waals surface area (Å²) < 4.78 is 12.0. The van der Waals surface area contributed by atoms with E-state index in [0.717, 1.165) is 21.9 Å². The summed E-state index contributed by atoms with van der Waals surface area (Å²) >= 11 is 12.9. The summed E-state index contributed by atoms with van der Waals surface area (Å²) in [6, 6.07) is 27.3. The molecule has 0 atom stereocenters. The molecule has 0 radical (unpaired) electrons. The summed E-state index contributed by atoms with van der Waals surface area (Å²) in [6.07, 6.45) is 1.74. The van der Waals surface area contributed by atoms with Gasteiger partial charge in [-0.2, -0.15) is 5.26 Å². The fraction of sp³-hybridized carbons (Fsp3) is 0.107. The van der Waals surface area contributed by atoms with Gasteiger partial charge in [-0.15, -0.1) is 0 Å². The van der Waals surface area contributed by atoms with Gasteiger partial charge < -0.3 is 9.47 Å². The van der Waals surface area contributed by atoms with Gasteiger partial charge in [0.1, 0.15) is 6.61 Å². The molecule has 0 aromatic heterocycles. The number of hydrogen-bond donors (Lipinski definition) is 0. The minimum absolute atomic E-state index is 0.347. The molecule has 0 amide bonds. The monoisotopic (exact) mass is 473 g/mol. The minimum Gasteiger partial charge on any atom is -0.490 e. The first-order valence-corrected chi connectivity index (χ1v) is 11.3. The molecule has 4 aromatic rings. The maximum Gasteiger partial charge on any atom is 0.180 e. The molecule has 0 unspecified atom stereocenters. The number of hydrogen-bond acceptors (Lipinski definition) is 3. The van der Waals surface area contributed by atoms with Gasteiger partial charge in [0.2, 0.25) is 0 Å². The molecule has 0 bridgehead atoms. The Bertz CT molecular complexity index is 1370. The zero-order chi connectivity index (χ0) is 23.2. The SMILES string of the molecule is CCOc1cc(C=C(C#N)c2ccccc2Cl)cc(Cl)c1OCc1cccc2ccccc12. The van der Waals surface area contributed by atoms with Gasteiger partial charge in [-0.05, 0) is 53.1 Å². The lowest BCUT2D eigenvalue weighted by Crippen LogP contribution is -2.01. The zero-order valence-electron chi connectivity index (χ0n) is 18.0. The number of benzene rings is 4. The van der Waals surface area contributed by atoms with Gasteiger partial charge in [0.05, 0.1) is 23.3 Å². The minimum atomic E-state index is 0.347. The van der Waals surface area contributed by atoms with Crippen molar-refractivity contribution in [1.82, 2.24) is 0 Å². The van der Waals surface area contributed by atoms with Gasteiger partial charge in [-0.1, -0.05) is 83.9 Å². The third-order valence-corrected chi connectivity index (χ3v) is 5.79. The highest BCUT2D eigenvalue weighted by Gasteiger charge is 2.14. The number of ether oxygens (including phenoxy) is 2. The third-order valence-electron chi connectivity index (χ3n) is 5.18. The molecule has 0 aliphatic rings. The van der Waals surface area contributed by atoms with Crippen LogP contribution in [0.4, 0.5) is 0 Å². The molecule has 164 valence electrons. The third kappa shape index (κ3) is 5.14. The predicted octanol–water partition coefficient (Wildman–Crippen LogP) is 8.19. The predicted molar refractivity (Wildman–Crippen MR) is 136 cm³/mol. The van der Waals surface area contributed by atoms with Gasteiger partial charge in [-0.25, -0.2) is 0 Å². The average molecular weight is 474 g/mol. The van der Waals surface area contributed by atoms with Crippen LogP contribution in [0.5, 0.6) is 11.5 Å². The van der Waals surface area contributed by atoms with E-state index in [0.29, 0.717) is 45.9 Å². The second-order valence-electron chi connectivity index (χ2n) is 7.34. The normalized spacial score (nSPS) is 11.3. The number of nitriles is 1. The Kier molecular flexibility index (Phi) is 7.19. The first-order valence-electron chi connectivity index (χ1n) is 10.5. The van der Waals surface area contributed by atoms with E-state index in [2.05, 4.69) is 24.3 Å². The summed E-state index contributed by atoms with van der Waals surface area (Å²) in [4.78, 5) is 0. The molecule has 4 rings (SSSR count). The molecule has 0 saturated heterocycles. The Morgan fingerprint density at radius 3 is 2.45 bits per heavy atom. The van der Waals surface area contributed by atoms with Crippen molar-refractivity contribution in [3.8, 4) is 17.6 Å². The second-order valence-corrected chi connectivity index (χ2v) is 8.15. The number of allylic oxidation sites excluding steroid dienone is 1. The van der Waals surface area contributed by atoms with Gasteiger partial charge in [0, 0.05) is 10.6 Å². The molecular weight excluding hydrogens is 453 g/mol. The van der Waals surface area contributed by atoms with E-state index in [1.807, 2.05) is 55.5 Å². The number of nitrogens with zero attached hydrogens (tertiary/aromatic N) is 1. The molecule has 3 nitrogen and oxygen atoms in total. The van der Waals surface area contributed by atoms with E-state index in [-0.39, 0.29) is 0 Å². The first-order chi connectivity index (χ1) is 16.1. The van der Waals surface area contributed by atoms with Crippen LogP contribution in [-0.2, 0) is 6.61 Å². The standard InChI is InChI=1S/C28H21Cl2NO2/c1-2-32-27-16-19(14-22(17-31)24-12-5-6-13-25(24)29)15-26(30)28(27)33-18-21-10-7-9-20-8-3-4-11-23(20)21/h3-16H,2,18H2,1H3. The topological polar surface area (TPSA) is 42.2 Å². The van der Waals surface area contributed by atoms with Crippen molar-refractivity contribution < 1.29 is 9.47 Å². The van der Waals surface area contributed by atoms with Crippen LogP contribution in [-0.4, -0.2) is 6.61 Å². The molecule has 0 fully saturated rings. The lowest BCUT2D eigenvalue weighted by atomic mass is 10.0. The van der Waals surface area contributed by atoms with Crippen LogP contribution in [0, 0.1) is 11.3 Å². The molecule has 0 N–H and O–H groups in total. The lowest BCUT2D eigenvalue weighted by molar-refractivity contribution is 0.270. The van der Waals surface area contributed by atoms with Crippen LogP contribution < -0.4 is 9.47 Å². The molecule has 5 heteroatoms. The second kappa shape index (κ2) is 10.4. The van der Waals surface area contributed by atoms with E-state index < -0.39 is 0 Å². The Hall–Kier alpha value is -3.45. The molecule has 0 spiro atoms. The van der Waals surface area contributed by atoms with Crippen molar-refractivity contribution in [3.63, 3.8) is 0 Å². The summed E-state index contributed by atoms with van der Waals surface area (Å²) in [5, 5.41) is 12.9. The molecule has 0 heterocycles. The maximum atomic E-state index is 9.69. The Labute approximate surface area is 203 Å². The van der Waals surface area contributed by atoms with Crippen LogP contribution >= 0.6 is 23.2 Å². The van der Waals surface area contributed by atoms with Crippen LogP contribution in [0.1, 0.15) is 23.6 Å². The highest BCUT2D eigenvalue weighted by molar-refractivity contribution is 6.33. The number of halogens is 2. The fourth-order valence-electron chi connectivity index (χ4n) is 3.66.